The molecule has 9 nitrogen and oxygen atoms in total. The van der Waals surface area contributed by atoms with E-state index in [1.807, 2.05) is 6.92 Å². The molecule has 0 spiro atoms. The van der Waals surface area contributed by atoms with Crippen LogP contribution in [-0.4, -0.2) is 68.4 Å². The van der Waals surface area contributed by atoms with Crippen LogP contribution in [0, 0.1) is 13.8 Å². The van der Waals surface area contributed by atoms with Crippen LogP contribution in [0.4, 0.5) is 10.5 Å². The van der Waals surface area contributed by atoms with Crippen molar-refractivity contribution in [2.24, 2.45) is 0 Å². The maximum atomic E-state index is 12.9. The summed E-state index contributed by atoms with van der Waals surface area (Å²) in [6, 6.07) is 10.2. The molecule has 2 aliphatic rings. The van der Waals surface area contributed by atoms with Gasteiger partial charge in [0.15, 0.2) is 11.5 Å². The first kappa shape index (κ1) is 25.4. The van der Waals surface area contributed by atoms with Gasteiger partial charge in [0.05, 0.1) is 25.3 Å². The van der Waals surface area contributed by atoms with Crippen molar-refractivity contribution in [2.75, 3.05) is 51.3 Å². The van der Waals surface area contributed by atoms with Crippen molar-refractivity contribution in [2.45, 2.75) is 26.8 Å². The van der Waals surface area contributed by atoms with Crippen molar-refractivity contribution >= 4 is 17.7 Å². The molecule has 9 heteroatoms. The molecule has 192 valence electrons. The van der Waals surface area contributed by atoms with Gasteiger partial charge < -0.3 is 30.1 Å². The second kappa shape index (κ2) is 10.9. The summed E-state index contributed by atoms with van der Waals surface area (Å²) < 4.78 is 10.6. The number of benzene rings is 2. The fourth-order valence-corrected chi connectivity index (χ4v) is 4.86. The van der Waals surface area contributed by atoms with Crippen LogP contribution < -0.4 is 20.3 Å². The molecule has 2 aliphatic heterocycles. The molecule has 1 fully saturated rings. The molecule has 0 aromatic heterocycles. The number of methoxy groups -OCH3 is 1. The zero-order valence-electron chi connectivity index (χ0n) is 21.3. The SMILES string of the molecule is CCOc1cc([C@@H]2NC(=O)NC(CN3CCN(c4ccc(C)cc4C)CC3)=C2C(=O)OC)ccc1O. The summed E-state index contributed by atoms with van der Waals surface area (Å²) in [7, 11) is 1.32. The van der Waals surface area contributed by atoms with E-state index in [1.54, 1.807) is 12.1 Å². The number of hydrogen-bond donors (Lipinski definition) is 3. The molecule has 2 aromatic rings. The minimum atomic E-state index is -0.738. The van der Waals surface area contributed by atoms with Gasteiger partial charge in [-0.15, -0.1) is 0 Å². The van der Waals surface area contributed by atoms with Crippen LogP contribution in [0.1, 0.15) is 29.7 Å². The molecule has 0 radical (unpaired) electrons. The third-order valence-electron chi connectivity index (χ3n) is 6.62. The number of amides is 2. The Bertz CT molecular complexity index is 1170. The average molecular weight is 495 g/mol. The molecule has 0 saturated carbocycles. The van der Waals surface area contributed by atoms with E-state index >= 15 is 0 Å². The van der Waals surface area contributed by atoms with E-state index in [0.29, 0.717) is 30.0 Å². The number of urea groups is 1. The van der Waals surface area contributed by atoms with Crippen LogP contribution in [0.15, 0.2) is 47.7 Å². The number of phenols is 1. The predicted octanol–water partition coefficient (Wildman–Crippen LogP) is 3.01. The van der Waals surface area contributed by atoms with Gasteiger partial charge in [0.2, 0.25) is 0 Å². The largest absolute Gasteiger partial charge is 0.504 e. The molecule has 0 aliphatic carbocycles. The van der Waals surface area contributed by atoms with Crippen LogP contribution in [0.5, 0.6) is 11.5 Å². The third kappa shape index (κ3) is 5.41. The normalized spacial score (nSPS) is 18.5. The summed E-state index contributed by atoms with van der Waals surface area (Å²) in [6.07, 6.45) is 0. The Balaban J connectivity index is 1.57. The van der Waals surface area contributed by atoms with Crippen molar-refractivity contribution in [3.05, 3.63) is 64.4 Å². The molecular weight excluding hydrogens is 460 g/mol. The fourth-order valence-electron chi connectivity index (χ4n) is 4.86. The number of rotatable bonds is 7. The van der Waals surface area contributed by atoms with Crippen molar-refractivity contribution in [1.29, 1.82) is 0 Å². The molecule has 2 heterocycles. The van der Waals surface area contributed by atoms with Gasteiger partial charge in [-0.3, -0.25) is 4.90 Å². The first-order valence-electron chi connectivity index (χ1n) is 12.2. The average Bonchev–Trinajstić information content (AvgIpc) is 2.85. The number of ether oxygens (including phenoxy) is 2. The van der Waals surface area contributed by atoms with Crippen LogP contribution in [0.2, 0.25) is 0 Å². The van der Waals surface area contributed by atoms with E-state index in [0.717, 1.165) is 26.2 Å². The van der Waals surface area contributed by atoms with Crippen molar-refractivity contribution < 1.29 is 24.2 Å². The number of hydrogen-bond acceptors (Lipinski definition) is 7. The lowest BCUT2D eigenvalue weighted by Crippen LogP contribution is -2.51. The number of anilines is 1. The number of carbonyl (C=O) groups is 2. The Morgan fingerprint density at radius 2 is 1.86 bits per heavy atom. The second-order valence-corrected chi connectivity index (χ2v) is 9.13. The minimum absolute atomic E-state index is 0.00799. The van der Waals surface area contributed by atoms with Crippen LogP contribution in [-0.2, 0) is 9.53 Å². The topological polar surface area (TPSA) is 103 Å². The number of aromatic hydroxyl groups is 1. The summed E-state index contributed by atoms with van der Waals surface area (Å²) in [5.41, 5.74) is 5.21. The number of piperazine rings is 1. The monoisotopic (exact) mass is 494 g/mol. The van der Waals surface area contributed by atoms with E-state index in [-0.39, 0.29) is 11.5 Å². The molecule has 0 unspecified atom stereocenters. The van der Waals surface area contributed by atoms with Gasteiger partial charge in [0.25, 0.3) is 0 Å². The second-order valence-electron chi connectivity index (χ2n) is 9.13. The van der Waals surface area contributed by atoms with Crippen molar-refractivity contribution in [3.63, 3.8) is 0 Å². The number of nitrogens with zero attached hydrogens (tertiary/aromatic N) is 2. The molecule has 3 N–H and O–H groups in total. The molecule has 1 atom stereocenters. The van der Waals surface area contributed by atoms with Gasteiger partial charge in [0.1, 0.15) is 0 Å². The molecule has 36 heavy (non-hydrogen) atoms. The van der Waals surface area contributed by atoms with Gasteiger partial charge >= 0.3 is 12.0 Å². The van der Waals surface area contributed by atoms with Gasteiger partial charge in [-0.1, -0.05) is 23.8 Å². The quantitative estimate of drug-likeness (QED) is 0.509. The van der Waals surface area contributed by atoms with E-state index in [4.69, 9.17) is 9.47 Å². The summed E-state index contributed by atoms with van der Waals surface area (Å²) in [5.74, 6) is -0.245. The maximum Gasteiger partial charge on any atom is 0.338 e. The first-order valence-corrected chi connectivity index (χ1v) is 12.2. The smallest absolute Gasteiger partial charge is 0.338 e. The lowest BCUT2D eigenvalue weighted by Gasteiger charge is -2.38. The molecule has 0 bridgehead atoms. The number of nitrogens with one attached hydrogen (secondary N) is 2. The Morgan fingerprint density at radius 1 is 1.11 bits per heavy atom. The zero-order valence-corrected chi connectivity index (χ0v) is 21.3. The van der Waals surface area contributed by atoms with Gasteiger partial charge in [-0.2, -0.15) is 0 Å². The minimum Gasteiger partial charge on any atom is -0.504 e. The summed E-state index contributed by atoms with van der Waals surface area (Å²) in [4.78, 5) is 30.1. The van der Waals surface area contributed by atoms with Crippen LogP contribution in [0.25, 0.3) is 0 Å². The molecule has 2 aromatic carbocycles. The Hall–Kier alpha value is -3.72. The number of aryl methyl sites for hydroxylation is 2. The Kier molecular flexibility index (Phi) is 7.69. The van der Waals surface area contributed by atoms with E-state index < -0.39 is 18.0 Å². The van der Waals surface area contributed by atoms with Crippen LogP contribution in [0.3, 0.4) is 0 Å². The van der Waals surface area contributed by atoms with E-state index in [1.165, 1.54) is 30.0 Å². The number of esters is 1. The predicted molar refractivity (Wildman–Crippen MR) is 137 cm³/mol. The van der Waals surface area contributed by atoms with Crippen molar-refractivity contribution in [3.8, 4) is 11.5 Å². The lowest BCUT2D eigenvalue weighted by atomic mass is 9.94. The highest BCUT2D eigenvalue weighted by molar-refractivity contribution is 5.95. The van der Waals surface area contributed by atoms with E-state index in [9.17, 15) is 14.7 Å². The first-order chi connectivity index (χ1) is 17.3. The highest BCUT2D eigenvalue weighted by atomic mass is 16.5. The van der Waals surface area contributed by atoms with Gasteiger partial charge in [-0.05, 0) is 50.1 Å². The van der Waals surface area contributed by atoms with Crippen molar-refractivity contribution in [1.82, 2.24) is 15.5 Å². The number of carbonyl (C=O) groups excluding carboxylic acids is 2. The third-order valence-corrected chi connectivity index (χ3v) is 6.62. The molecule has 2 amide bonds. The standard InChI is InChI=1S/C27H34N4O5/c1-5-36-23-15-19(7-9-22(23)32)25-24(26(33)35-4)20(28-27(34)29-25)16-30-10-12-31(13-11-30)21-8-6-17(2)14-18(21)3/h6-9,14-15,25,32H,5,10-13,16H2,1-4H3,(H2,28,29,34)/t25-/m0/s1. The number of phenolic OH excluding ortho intramolecular Hbond substituents is 1. The summed E-state index contributed by atoms with van der Waals surface area (Å²) in [5, 5.41) is 15.8. The maximum absolute atomic E-state index is 12.9. The fraction of sp³-hybridized carbons (Fsp3) is 0.407. The Labute approximate surface area is 211 Å². The summed E-state index contributed by atoms with van der Waals surface area (Å²) >= 11 is 0. The van der Waals surface area contributed by atoms with E-state index in [2.05, 4.69) is 52.5 Å². The molecule has 1 saturated heterocycles. The lowest BCUT2D eigenvalue weighted by molar-refractivity contribution is -0.136. The van der Waals surface area contributed by atoms with Crippen LogP contribution >= 0.6 is 0 Å². The molecule has 4 rings (SSSR count). The molecular formula is C27H34N4O5. The van der Waals surface area contributed by atoms with Gasteiger partial charge in [0, 0.05) is 44.1 Å². The zero-order chi connectivity index (χ0) is 25.8. The van der Waals surface area contributed by atoms with Gasteiger partial charge in [-0.25, -0.2) is 9.59 Å². The summed E-state index contributed by atoms with van der Waals surface area (Å²) in [6.45, 7) is 10.1. The Morgan fingerprint density at radius 3 is 2.53 bits per heavy atom. The highest BCUT2D eigenvalue weighted by Gasteiger charge is 2.35. The highest BCUT2D eigenvalue weighted by Crippen LogP contribution is 2.34.